The monoisotopic (exact) mass is 346 g/mol. The molecule has 0 spiro atoms. The van der Waals surface area contributed by atoms with Gasteiger partial charge in [0.1, 0.15) is 5.60 Å². The Morgan fingerprint density at radius 3 is 1.35 bits per heavy atom. The number of benzene rings is 3. The summed E-state index contributed by atoms with van der Waals surface area (Å²) in [6.45, 7) is 4.27. The Hall–Kier alpha value is -2.42. The highest BCUT2D eigenvalue weighted by Crippen LogP contribution is 2.40. The predicted molar refractivity (Wildman–Crippen MR) is 106 cm³/mol. The van der Waals surface area contributed by atoms with Crippen LogP contribution in [0.3, 0.4) is 0 Å². The first-order valence-electron chi connectivity index (χ1n) is 9.13. The number of aliphatic hydroxyl groups is 1. The number of aliphatic hydroxyl groups excluding tert-OH is 1. The van der Waals surface area contributed by atoms with E-state index in [0.717, 1.165) is 16.7 Å². The van der Waals surface area contributed by atoms with Gasteiger partial charge in [-0.3, -0.25) is 0 Å². The summed E-state index contributed by atoms with van der Waals surface area (Å²) >= 11 is 0. The molecular formula is C24H26O2. The van der Waals surface area contributed by atoms with Crippen LogP contribution in [0.25, 0.3) is 0 Å². The SMILES string of the molecule is CC(O)C(C)COC(c1ccccc1)(c1ccccc1)c1ccccc1. The zero-order valence-corrected chi connectivity index (χ0v) is 15.4. The van der Waals surface area contributed by atoms with E-state index in [0.29, 0.717) is 6.61 Å². The fraction of sp³-hybridized carbons (Fsp3) is 0.250. The van der Waals surface area contributed by atoms with Crippen molar-refractivity contribution in [2.45, 2.75) is 25.6 Å². The number of rotatable bonds is 7. The summed E-state index contributed by atoms with van der Waals surface area (Å²) in [6.07, 6.45) is -0.421. The summed E-state index contributed by atoms with van der Waals surface area (Å²) in [5, 5.41) is 9.95. The van der Waals surface area contributed by atoms with Crippen molar-refractivity contribution in [2.75, 3.05) is 6.61 Å². The molecule has 0 aliphatic carbocycles. The van der Waals surface area contributed by atoms with E-state index in [9.17, 15) is 5.11 Å². The van der Waals surface area contributed by atoms with Gasteiger partial charge in [0.2, 0.25) is 0 Å². The van der Waals surface area contributed by atoms with Gasteiger partial charge in [-0.1, -0.05) is 97.9 Å². The lowest BCUT2D eigenvalue weighted by Crippen LogP contribution is -2.35. The van der Waals surface area contributed by atoms with Crippen LogP contribution in [0.4, 0.5) is 0 Å². The highest BCUT2D eigenvalue weighted by molar-refractivity contribution is 5.47. The van der Waals surface area contributed by atoms with E-state index < -0.39 is 11.7 Å². The highest BCUT2D eigenvalue weighted by Gasteiger charge is 2.38. The van der Waals surface area contributed by atoms with Crippen molar-refractivity contribution in [1.29, 1.82) is 0 Å². The molecular weight excluding hydrogens is 320 g/mol. The van der Waals surface area contributed by atoms with Crippen molar-refractivity contribution in [1.82, 2.24) is 0 Å². The summed E-state index contributed by atoms with van der Waals surface area (Å²) in [4.78, 5) is 0. The third-order valence-corrected chi connectivity index (χ3v) is 4.93. The largest absolute Gasteiger partial charge is 0.393 e. The molecule has 0 radical (unpaired) electrons. The molecule has 2 nitrogen and oxygen atoms in total. The molecule has 3 aromatic rings. The predicted octanol–water partition coefficient (Wildman–Crippen LogP) is 5.01. The van der Waals surface area contributed by atoms with Gasteiger partial charge in [-0.15, -0.1) is 0 Å². The summed E-state index contributed by atoms with van der Waals surface area (Å²) < 4.78 is 6.65. The molecule has 0 fully saturated rings. The lowest BCUT2D eigenvalue weighted by Gasteiger charge is -2.37. The summed E-state index contributed by atoms with van der Waals surface area (Å²) in [5.41, 5.74) is 2.52. The third kappa shape index (κ3) is 3.72. The zero-order chi connectivity index (χ0) is 18.4. The van der Waals surface area contributed by atoms with Gasteiger partial charge in [-0.25, -0.2) is 0 Å². The van der Waals surface area contributed by atoms with Crippen molar-refractivity contribution in [3.63, 3.8) is 0 Å². The molecule has 1 N–H and O–H groups in total. The molecule has 2 unspecified atom stereocenters. The van der Waals surface area contributed by atoms with Crippen molar-refractivity contribution >= 4 is 0 Å². The van der Waals surface area contributed by atoms with Crippen LogP contribution in [0.5, 0.6) is 0 Å². The van der Waals surface area contributed by atoms with Crippen LogP contribution >= 0.6 is 0 Å². The normalized spacial score (nSPS) is 14.0. The molecule has 0 heterocycles. The van der Waals surface area contributed by atoms with E-state index in [1.54, 1.807) is 0 Å². The third-order valence-electron chi connectivity index (χ3n) is 4.93. The van der Waals surface area contributed by atoms with Gasteiger partial charge >= 0.3 is 0 Å². The Bertz CT molecular complexity index is 686. The quantitative estimate of drug-likeness (QED) is 0.609. The highest BCUT2D eigenvalue weighted by atomic mass is 16.5. The molecule has 0 saturated carbocycles. The van der Waals surface area contributed by atoms with E-state index in [2.05, 4.69) is 36.4 Å². The van der Waals surface area contributed by atoms with Gasteiger partial charge in [0.25, 0.3) is 0 Å². The van der Waals surface area contributed by atoms with E-state index in [4.69, 9.17) is 4.74 Å². The molecule has 0 bridgehead atoms. The number of hydrogen-bond acceptors (Lipinski definition) is 2. The maximum absolute atomic E-state index is 9.95. The average Bonchev–Trinajstić information content (AvgIpc) is 2.70. The van der Waals surface area contributed by atoms with Crippen LogP contribution in [0.2, 0.25) is 0 Å². The lowest BCUT2D eigenvalue weighted by atomic mass is 9.80. The van der Waals surface area contributed by atoms with Crippen LogP contribution in [0, 0.1) is 5.92 Å². The van der Waals surface area contributed by atoms with E-state index in [1.807, 2.05) is 68.4 Å². The minimum Gasteiger partial charge on any atom is -0.393 e. The van der Waals surface area contributed by atoms with Crippen molar-refractivity contribution < 1.29 is 9.84 Å². The molecule has 3 aromatic carbocycles. The van der Waals surface area contributed by atoms with Gasteiger partial charge in [-0.05, 0) is 23.6 Å². The molecule has 0 aliphatic heterocycles. The Labute approximate surface area is 156 Å². The lowest BCUT2D eigenvalue weighted by molar-refractivity contribution is -0.0293. The molecule has 0 saturated heterocycles. The van der Waals surface area contributed by atoms with Crippen LogP contribution in [0.15, 0.2) is 91.0 Å². The summed E-state index contributed by atoms with van der Waals surface area (Å²) in [5.74, 6) is 0.0329. The maximum Gasteiger partial charge on any atom is 0.143 e. The van der Waals surface area contributed by atoms with E-state index in [1.165, 1.54) is 0 Å². The van der Waals surface area contributed by atoms with Crippen molar-refractivity contribution in [3.8, 4) is 0 Å². The first-order chi connectivity index (χ1) is 12.6. The molecule has 2 atom stereocenters. The average molecular weight is 346 g/mol. The van der Waals surface area contributed by atoms with Crippen LogP contribution in [-0.4, -0.2) is 17.8 Å². The van der Waals surface area contributed by atoms with Crippen LogP contribution < -0.4 is 0 Å². The molecule has 0 amide bonds. The van der Waals surface area contributed by atoms with Gasteiger partial charge < -0.3 is 9.84 Å². The Morgan fingerprint density at radius 2 is 1.04 bits per heavy atom. The Kier molecular flexibility index (Phi) is 5.87. The van der Waals surface area contributed by atoms with Crippen LogP contribution in [-0.2, 0) is 10.3 Å². The minimum absolute atomic E-state index is 0.0329. The second-order valence-electron chi connectivity index (χ2n) is 6.81. The Morgan fingerprint density at radius 1 is 0.692 bits per heavy atom. The van der Waals surface area contributed by atoms with Gasteiger partial charge in [0, 0.05) is 5.92 Å². The molecule has 26 heavy (non-hydrogen) atoms. The maximum atomic E-state index is 9.95. The molecule has 2 heteroatoms. The number of ether oxygens (including phenoxy) is 1. The summed E-state index contributed by atoms with van der Waals surface area (Å²) in [6, 6.07) is 30.9. The minimum atomic E-state index is -0.715. The smallest absolute Gasteiger partial charge is 0.143 e. The first-order valence-corrected chi connectivity index (χ1v) is 9.13. The summed E-state index contributed by atoms with van der Waals surface area (Å²) in [7, 11) is 0. The zero-order valence-electron chi connectivity index (χ0n) is 15.4. The molecule has 3 rings (SSSR count). The molecule has 134 valence electrons. The fourth-order valence-corrected chi connectivity index (χ4v) is 3.16. The topological polar surface area (TPSA) is 29.5 Å². The van der Waals surface area contributed by atoms with E-state index >= 15 is 0 Å². The van der Waals surface area contributed by atoms with Crippen molar-refractivity contribution in [2.24, 2.45) is 5.92 Å². The van der Waals surface area contributed by atoms with Gasteiger partial charge in [0.15, 0.2) is 0 Å². The molecule has 0 aromatic heterocycles. The Balaban J connectivity index is 2.18. The molecule has 0 aliphatic rings. The second kappa shape index (κ2) is 8.31. The second-order valence-corrected chi connectivity index (χ2v) is 6.81. The number of hydrogen-bond donors (Lipinski definition) is 1. The van der Waals surface area contributed by atoms with Gasteiger partial charge in [-0.2, -0.15) is 0 Å². The van der Waals surface area contributed by atoms with E-state index in [-0.39, 0.29) is 5.92 Å². The first kappa shape index (κ1) is 18.4. The van der Waals surface area contributed by atoms with Crippen LogP contribution in [0.1, 0.15) is 30.5 Å². The van der Waals surface area contributed by atoms with Crippen molar-refractivity contribution in [3.05, 3.63) is 108 Å². The van der Waals surface area contributed by atoms with Gasteiger partial charge in [0.05, 0.1) is 12.7 Å². The standard InChI is InChI=1S/C24H26O2/c1-19(20(2)25)18-26-24(21-12-6-3-7-13-21,22-14-8-4-9-15-22)23-16-10-5-11-17-23/h3-17,19-20,25H,18H2,1-2H3. The fourth-order valence-electron chi connectivity index (χ4n) is 3.16.